The Bertz CT molecular complexity index is 3310. The summed E-state index contributed by atoms with van der Waals surface area (Å²) in [5, 5.41) is 2.51. The van der Waals surface area contributed by atoms with Crippen molar-refractivity contribution in [2.24, 2.45) is 0 Å². The monoisotopic (exact) mass is 804 g/mol. The summed E-state index contributed by atoms with van der Waals surface area (Å²) in [5.41, 5.74) is 19.2. The average Bonchev–Trinajstić information content (AvgIpc) is 3.71. The maximum absolute atomic E-state index is 2.42. The predicted octanol–water partition coefficient (Wildman–Crippen LogP) is 16.5. The Hall–Kier alpha value is -8.20. The lowest BCUT2D eigenvalue weighted by molar-refractivity contribution is 0.977. The van der Waals surface area contributed by atoms with Crippen molar-refractivity contribution in [2.75, 3.05) is 4.90 Å². The lowest BCUT2D eigenvalue weighted by Crippen LogP contribution is -2.17. The molecule has 63 heavy (non-hydrogen) atoms. The Morgan fingerprint density at radius 1 is 0.302 bits per heavy atom. The standard InChI is InChI=1S/C61H44N2/c1-4-16-44(17-5-1)46-30-32-47(33-31-46)49-34-38-54(39-35-49)62(53-23-8-3-9-24-53)43-52-20-10-11-25-56(52)50-21-14-22-51(42-50)57-27-15-29-60-61(57)58-26-12-13-28-59(58)63(60)55-40-36-48(37-41-55)45-18-6-2-7-19-45/h1-42H,43H2. The van der Waals surface area contributed by atoms with E-state index in [-0.39, 0.29) is 0 Å². The van der Waals surface area contributed by atoms with Gasteiger partial charge in [0.1, 0.15) is 0 Å². The lowest BCUT2D eigenvalue weighted by Gasteiger charge is -2.27. The molecule has 0 saturated heterocycles. The van der Waals surface area contributed by atoms with E-state index in [0.29, 0.717) is 6.54 Å². The van der Waals surface area contributed by atoms with E-state index in [9.17, 15) is 0 Å². The van der Waals surface area contributed by atoms with E-state index < -0.39 is 0 Å². The van der Waals surface area contributed by atoms with E-state index >= 15 is 0 Å². The van der Waals surface area contributed by atoms with Crippen molar-refractivity contribution >= 4 is 33.2 Å². The van der Waals surface area contributed by atoms with Gasteiger partial charge in [-0.15, -0.1) is 0 Å². The summed E-state index contributed by atoms with van der Waals surface area (Å²) < 4.78 is 2.41. The molecule has 0 atom stereocenters. The first-order chi connectivity index (χ1) is 31.2. The van der Waals surface area contributed by atoms with Crippen molar-refractivity contribution in [3.05, 3.63) is 260 Å². The van der Waals surface area contributed by atoms with Crippen LogP contribution in [0.2, 0.25) is 0 Å². The van der Waals surface area contributed by atoms with Gasteiger partial charge in [-0.05, 0) is 116 Å². The van der Waals surface area contributed by atoms with Gasteiger partial charge < -0.3 is 9.47 Å². The number of rotatable bonds is 10. The van der Waals surface area contributed by atoms with Crippen LogP contribution in [0.1, 0.15) is 5.56 Å². The summed E-state index contributed by atoms with van der Waals surface area (Å²) in [6, 6.07) is 92.2. The van der Waals surface area contributed by atoms with Gasteiger partial charge in [-0.1, -0.05) is 200 Å². The number of benzene rings is 10. The van der Waals surface area contributed by atoms with Crippen LogP contribution >= 0.6 is 0 Å². The second kappa shape index (κ2) is 16.7. The highest BCUT2D eigenvalue weighted by Gasteiger charge is 2.18. The predicted molar refractivity (Wildman–Crippen MR) is 267 cm³/mol. The lowest BCUT2D eigenvalue weighted by atomic mass is 9.93. The second-order valence-corrected chi connectivity index (χ2v) is 16.1. The molecule has 0 aliphatic carbocycles. The third kappa shape index (κ3) is 7.39. The average molecular weight is 805 g/mol. The number of hydrogen-bond acceptors (Lipinski definition) is 1. The number of hydrogen-bond donors (Lipinski definition) is 0. The fourth-order valence-corrected chi connectivity index (χ4v) is 9.20. The minimum Gasteiger partial charge on any atom is -0.337 e. The van der Waals surface area contributed by atoms with Crippen LogP contribution in [0.3, 0.4) is 0 Å². The largest absolute Gasteiger partial charge is 0.337 e. The van der Waals surface area contributed by atoms with Gasteiger partial charge in [0.15, 0.2) is 0 Å². The Labute approximate surface area is 369 Å². The highest BCUT2D eigenvalue weighted by atomic mass is 15.1. The van der Waals surface area contributed by atoms with Gasteiger partial charge in [0.25, 0.3) is 0 Å². The van der Waals surface area contributed by atoms with E-state index in [0.717, 1.165) is 17.1 Å². The summed E-state index contributed by atoms with van der Waals surface area (Å²) in [7, 11) is 0. The van der Waals surface area contributed by atoms with Gasteiger partial charge in [0.2, 0.25) is 0 Å². The molecule has 10 aromatic carbocycles. The van der Waals surface area contributed by atoms with Crippen LogP contribution in [0.15, 0.2) is 255 Å². The fourth-order valence-electron chi connectivity index (χ4n) is 9.20. The van der Waals surface area contributed by atoms with Crippen LogP contribution < -0.4 is 4.90 Å². The van der Waals surface area contributed by atoms with Crippen LogP contribution in [-0.4, -0.2) is 4.57 Å². The number of fused-ring (bicyclic) bond motifs is 3. The Kier molecular flexibility index (Phi) is 10.0. The molecule has 0 bridgehead atoms. The minimum atomic E-state index is 0.710. The van der Waals surface area contributed by atoms with Crippen molar-refractivity contribution < 1.29 is 0 Å². The molecular weight excluding hydrogens is 761 g/mol. The van der Waals surface area contributed by atoms with Gasteiger partial charge in [0.05, 0.1) is 11.0 Å². The topological polar surface area (TPSA) is 8.17 Å². The Balaban J connectivity index is 0.934. The minimum absolute atomic E-state index is 0.710. The molecule has 0 aliphatic heterocycles. The summed E-state index contributed by atoms with van der Waals surface area (Å²) >= 11 is 0. The maximum Gasteiger partial charge on any atom is 0.0547 e. The van der Waals surface area contributed by atoms with Crippen molar-refractivity contribution in [1.29, 1.82) is 0 Å². The molecule has 0 N–H and O–H groups in total. The van der Waals surface area contributed by atoms with Crippen LogP contribution in [-0.2, 0) is 6.54 Å². The fraction of sp³-hybridized carbons (Fsp3) is 0.0164. The van der Waals surface area contributed by atoms with Gasteiger partial charge in [-0.2, -0.15) is 0 Å². The third-order valence-electron chi connectivity index (χ3n) is 12.3. The van der Waals surface area contributed by atoms with E-state index in [1.807, 2.05) is 0 Å². The molecule has 11 rings (SSSR count). The molecular formula is C61H44N2. The smallest absolute Gasteiger partial charge is 0.0547 e. The number of anilines is 2. The summed E-state index contributed by atoms with van der Waals surface area (Å²) in [6.07, 6.45) is 0. The SMILES string of the molecule is c1ccc(-c2ccc(-c3ccc(N(Cc4ccccc4-c4cccc(-c5cccc6c5c5ccccc5n6-c5ccc(-c6ccccc6)cc5)c4)c4ccccc4)cc3)cc2)cc1. The molecule has 0 spiro atoms. The van der Waals surface area contributed by atoms with Crippen molar-refractivity contribution in [2.45, 2.75) is 6.54 Å². The Morgan fingerprint density at radius 2 is 0.730 bits per heavy atom. The molecule has 0 fully saturated rings. The molecule has 1 aromatic heterocycles. The Morgan fingerprint density at radius 3 is 1.38 bits per heavy atom. The van der Waals surface area contributed by atoms with Crippen LogP contribution in [0.4, 0.5) is 11.4 Å². The molecule has 2 heteroatoms. The number of para-hydroxylation sites is 2. The summed E-state index contributed by atoms with van der Waals surface area (Å²) in [6.45, 7) is 0.710. The molecule has 11 aromatic rings. The zero-order valence-corrected chi connectivity index (χ0v) is 34.9. The molecule has 298 valence electrons. The normalized spacial score (nSPS) is 11.2. The van der Waals surface area contributed by atoms with Crippen molar-refractivity contribution in [3.8, 4) is 61.3 Å². The maximum atomic E-state index is 2.42. The van der Waals surface area contributed by atoms with E-state index in [1.165, 1.54) is 83.0 Å². The molecule has 0 radical (unpaired) electrons. The first-order valence-corrected chi connectivity index (χ1v) is 21.7. The summed E-state index contributed by atoms with van der Waals surface area (Å²) in [5.74, 6) is 0. The molecule has 0 amide bonds. The van der Waals surface area contributed by atoms with Crippen LogP contribution in [0, 0.1) is 0 Å². The highest BCUT2D eigenvalue weighted by Crippen LogP contribution is 2.41. The van der Waals surface area contributed by atoms with Crippen molar-refractivity contribution in [3.63, 3.8) is 0 Å². The summed E-state index contributed by atoms with van der Waals surface area (Å²) in [4.78, 5) is 2.42. The molecule has 0 saturated carbocycles. The first kappa shape index (κ1) is 37.8. The van der Waals surface area contributed by atoms with Gasteiger partial charge in [-0.3, -0.25) is 0 Å². The molecule has 0 aliphatic rings. The number of nitrogens with zero attached hydrogens (tertiary/aromatic N) is 2. The number of aromatic nitrogens is 1. The first-order valence-electron chi connectivity index (χ1n) is 21.7. The van der Waals surface area contributed by atoms with Gasteiger partial charge in [0, 0.05) is 34.4 Å². The van der Waals surface area contributed by atoms with Gasteiger partial charge >= 0.3 is 0 Å². The quantitative estimate of drug-likeness (QED) is 0.134. The molecule has 1 heterocycles. The molecule has 0 unspecified atom stereocenters. The van der Waals surface area contributed by atoms with Crippen molar-refractivity contribution in [1.82, 2.24) is 4.57 Å². The molecule has 2 nitrogen and oxygen atoms in total. The van der Waals surface area contributed by atoms with Crippen LogP contribution in [0.25, 0.3) is 83.1 Å². The zero-order valence-electron chi connectivity index (χ0n) is 34.9. The van der Waals surface area contributed by atoms with Crippen LogP contribution in [0.5, 0.6) is 0 Å². The second-order valence-electron chi connectivity index (χ2n) is 16.1. The van der Waals surface area contributed by atoms with Gasteiger partial charge in [-0.25, -0.2) is 0 Å². The van der Waals surface area contributed by atoms with E-state index in [2.05, 4.69) is 264 Å². The third-order valence-corrected chi connectivity index (χ3v) is 12.3. The van der Waals surface area contributed by atoms with E-state index in [4.69, 9.17) is 0 Å². The zero-order chi connectivity index (χ0) is 42.0. The highest BCUT2D eigenvalue weighted by molar-refractivity contribution is 6.16. The van der Waals surface area contributed by atoms with E-state index in [1.54, 1.807) is 0 Å².